The maximum atomic E-state index is 9.86. The predicted octanol–water partition coefficient (Wildman–Crippen LogP) is -0.952. The van der Waals surface area contributed by atoms with Gasteiger partial charge in [-0.15, -0.1) is 10.2 Å². The van der Waals surface area contributed by atoms with Gasteiger partial charge in [0.05, 0.1) is 19.0 Å². The van der Waals surface area contributed by atoms with E-state index in [1.165, 1.54) is 19.0 Å². The Hall–Kier alpha value is -2.43. The number of nitrogens with zero attached hydrogens (tertiary/aromatic N) is 7. The summed E-state index contributed by atoms with van der Waals surface area (Å²) in [4.78, 5) is 12.8. The van der Waals surface area contributed by atoms with Crippen molar-refractivity contribution < 1.29 is 14.9 Å². The van der Waals surface area contributed by atoms with Gasteiger partial charge in [0.2, 0.25) is 0 Å². The van der Waals surface area contributed by atoms with E-state index in [1.807, 2.05) is 0 Å². The van der Waals surface area contributed by atoms with E-state index in [9.17, 15) is 10.2 Å². The molecular formula is C12H13N7O3. The van der Waals surface area contributed by atoms with E-state index in [0.717, 1.165) is 0 Å². The molecule has 1 aliphatic heterocycles. The second-order valence-corrected chi connectivity index (χ2v) is 5.01. The van der Waals surface area contributed by atoms with Crippen LogP contribution >= 0.6 is 0 Å². The van der Waals surface area contributed by atoms with E-state index in [1.54, 1.807) is 15.5 Å². The van der Waals surface area contributed by atoms with Crippen LogP contribution in [-0.4, -0.2) is 63.3 Å². The van der Waals surface area contributed by atoms with Crippen molar-refractivity contribution in [3.63, 3.8) is 0 Å². The molecule has 114 valence electrons. The van der Waals surface area contributed by atoms with Crippen LogP contribution in [0.25, 0.3) is 17.0 Å². The maximum absolute atomic E-state index is 9.86. The summed E-state index contributed by atoms with van der Waals surface area (Å²) in [5, 5.41) is 26.6. The number of aliphatic hydroxyl groups is 2. The largest absolute Gasteiger partial charge is 0.394 e. The monoisotopic (exact) mass is 303 g/mol. The molecule has 0 bridgehead atoms. The molecule has 0 spiro atoms. The van der Waals surface area contributed by atoms with E-state index in [-0.39, 0.29) is 6.61 Å². The first kappa shape index (κ1) is 13.2. The fourth-order valence-electron chi connectivity index (χ4n) is 2.60. The van der Waals surface area contributed by atoms with Gasteiger partial charge in [0.25, 0.3) is 0 Å². The molecule has 1 fully saturated rings. The van der Waals surface area contributed by atoms with Crippen LogP contribution in [0.4, 0.5) is 0 Å². The van der Waals surface area contributed by atoms with E-state index in [4.69, 9.17) is 4.74 Å². The van der Waals surface area contributed by atoms with E-state index in [2.05, 4.69) is 25.1 Å². The van der Waals surface area contributed by atoms with Crippen LogP contribution < -0.4 is 0 Å². The lowest BCUT2D eigenvalue weighted by Gasteiger charge is -2.13. The third kappa shape index (κ3) is 1.96. The summed E-state index contributed by atoms with van der Waals surface area (Å²) in [6, 6.07) is 0. The molecule has 10 nitrogen and oxygen atoms in total. The number of fused-ring (bicyclic) bond motifs is 1. The third-order valence-corrected chi connectivity index (χ3v) is 3.70. The van der Waals surface area contributed by atoms with Crippen molar-refractivity contribution in [2.24, 2.45) is 0 Å². The van der Waals surface area contributed by atoms with Crippen LogP contribution in [0.2, 0.25) is 0 Å². The highest BCUT2D eigenvalue weighted by Crippen LogP contribution is 2.31. The molecule has 3 aromatic rings. The number of imidazole rings is 1. The summed E-state index contributed by atoms with van der Waals surface area (Å²) in [6.07, 6.45) is 4.68. The van der Waals surface area contributed by atoms with Crippen LogP contribution in [-0.2, 0) is 4.74 Å². The van der Waals surface area contributed by atoms with Crippen LogP contribution in [0, 0.1) is 0 Å². The summed E-state index contributed by atoms with van der Waals surface area (Å²) in [7, 11) is 0. The quantitative estimate of drug-likeness (QED) is 0.634. The van der Waals surface area contributed by atoms with Gasteiger partial charge in [-0.1, -0.05) is 0 Å². The molecule has 0 radical (unpaired) electrons. The summed E-state index contributed by atoms with van der Waals surface area (Å²) in [5.74, 6) is 0.561. The van der Waals surface area contributed by atoms with Gasteiger partial charge in [-0.2, -0.15) is 0 Å². The van der Waals surface area contributed by atoms with Crippen molar-refractivity contribution in [1.29, 1.82) is 0 Å². The summed E-state index contributed by atoms with van der Waals surface area (Å²) in [5.41, 5.74) is 1.15. The average Bonchev–Trinajstić information content (AvgIpc) is 3.25. The Balaban J connectivity index is 1.77. The Kier molecular flexibility index (Phi) is 3.06. The number of ether oxygens (including phenoxy) is 1. The lowest BCUT2D eigenvalue weighted by atomic mass is 10.2. The van der Waals surface area contributed by atoms with E-state index >= 15 is 0 Å². The molecule has 4 rings (SSSR count). The standard InChI is InChI=1S/C12H13N7O3/c20-2-8-7(21)1-9(22-8)19-4-15-10-11(13-3-14-12(10)19)18-5-16-17-6-18/h3-9,20-21H,1-2H2/t7-,8+,9+/m0/s1. The summed E-state index contributed by atoms with van der Waals surface area (Å²) < 4.78 is 9.00. The van der Waals surface area contributed by atoms with Crippen LogP contribution in [0.1, 0.15) is 12.6 Å². The zero-order valence-corrected chi connectivity index (χ0v) is 11.4. The van der Waals surface area contributed by atoms with Crippen molar-refractivity contribution in [3.8, 4) is 5.82 Å². The van der Waals surface area contributed by atoms with Gasteiger partial charge >= 0.3 is 0 Å². The Labute approximate surface area is 124 Å². The fraction of sp³-hybridized carbons (Fsp3) is 0.417. The van der Waals surface area contributed by atoms with Gasteiger partial charge in [-0.05, 0) is 0 Å². The lowest BCUT2D eigenvalue weighted by Crippen LogP contribution is -2.24. The molecule has 0 aliphatic carbocycles. The first-order valence-corrected chi connectivity index (χ1v) is 6.75. The van der Waals surface area contributed by atoms with Crippen molar-refractivity contribution in [1.82, 2.24) is 34.3 Å². The second-order valence-electron chi connectivity index (χ2n) is 5.01. The van der Waals surface area contributed by atoms with Gasteiger partial charge in [-0.3, -0.25) is 9.13 Å². The molecule has 0 unspecified atom stereocenters. The Bertz CT molecular complexity index is 787. The average molecular weight is 303 g/mol. The highest BCUT2D eigenvalue weighted by atomic mass is 16.5. The molecule has 0 saturated carbocycles. The van der Waals surface area contributed by atoms with Gasteiger partial charge in [0.1, 0.15) is 31.3 Å². The number of hydrogen-bond acceptors (Lipinski definition) is 8. The molecule has 22 heavy (non-hydrogen) atoms. The van der Waals surface area contributed by atoms with Gasteiger partial charge in [-0.25, -0.2) is 15.0 Å². The number of hydrogen-bond donors (Lipinski definition) is 2. The second kappa shape index (κ2) is 5.09. The molecule has 1 saturated heterocycles. The predicted molar refractivity (Wildman–Crippen MR) is 71.9 cm³/mol. The van der Waals surface area contributed by atoms with Gasteiger partial charge in [0, 0.05) is 6.42 Å². The van der Waals surface area contributed by atoms with E-state index < -0.39 is 18.4 Å². The SMILES string of the molecule is OC[C@H]1O[C@@H](n2cnc3c(-n4cnnc4)ncnc32)C[C@@H]1O. The van der Waals surface area contributed by atoms with Crippen LogP contribution in [0.15, 0.2) is 25.3 Å². The molecule has 1 aliphatic rings. The maximum Gasteiger partial charge on any atom is 0.170 e. The van der Waals surface area contributed by atoms with Gasteiger partial charge < -0.3 is 14.9 Å². The molecule has 3 aromatic heterocycles. The number of aromatic nitrogens is 7. The topological polar surface area (TPSA) is 124 Å². The summed E-state index contributed by atoms with van der Waals surface area (Å²) >= 11 is 0. The van der Waals surface area contributed by atoms with Crippen molar-refractivity contribution in [2.75, 3.05) is 6.61 Å². The third-order valence-electron chi connectivity index (χ3n) is 3.70. The lowest BCUT2D eigenvalue weighted by molar-refractivity contribution is -0.0432. The van der Waals surface area contributed by atoms with Crippen molar-refractivity contribution >= 4 is 11.2 Å². The first-order chi connectivity index (χ1) is 10.8. The van der Waals surface area contributed by atoms with Crippen molar-refractivity contribution in [3.05, 3.63) is 25.3 Å². The smallest absolute Gasteiger partial charge is 0.170 e. The molecule has 3 atom stereocenters. The zero-order chi connectivity index (χ0) is 15.1. The molecule has 4 heterocycles. The van der Waals surface area contributed by atoms with Crippen LogP contribution in [0.3, 0.4) is 0 Å². The highest BCUT2D eigenvalue weighted by molar-refractivity contribution is 5.78. The molecular weight excluding hydrogens is 290 g/mol. The molecule has 0 amide bonds. The number of aliphatic hydroxyl groups excluding tert-OH is 2. The first-order valence-electron chi connectivity index (χ1n) is 6.75. The van der Waals surface area contributed by atoms with Crippen molar-refractivity contribution in [2.45, 2.75) is 24.9 Å². The minimum absolute atomic E-state index is 0.231. The van der Waals surface area contributed by atoms with E-state index in [0.29, 0.717) is 23.4 Å². The van der Waals surface area contributed by atoms with Gasteiger partial charge in [0.15, 0.2) is 17.0 Å². The Morgan fingerprint density at radius 3 is 2.73 bits per heavy atom. The van der Waals surface area contributed by atoms with Crippen LogP contribution in [0.5, 0.6) is 0 Å². The normalized spacial score (nSPS) is 25.1. The molecule has 0 aromatic carbocycles. The Morgan fingerprint density at radius 1 is 1.18 bits per heavy atom. The zero-order valence-electron chi connectivity index (χ0n) is 11.4. The minimum Gasteiger partial charge on any atom is -0.394 e. The minimum atomic E-state index is -0.716. The molecule has 10 heteroatoms. The molecule has 2 N–H and O–H groups in total. The highest BCUT2D eigenvalue weighted by Gasteiger charge is 2.35. The summed E-state index contributed by atoms with van der Waals surface area (Å²) in [6.45, 7) is -0.231. The number of rotatable bonds is 3. The Morgan fingerprint density at radius 2 is 2.00 bits per heavy atom. The fourth-order valence-corrected chi connectivity index (χ4v) is 2.60.